The fourth-order valence-corrected chi connectivity index (χ4v) is 2.10. The van der Waals surface area contributed by atoms with E-state index in [0.717, 1.165) is 5.56 Å². The van der Waals surface area contributed by atoms with Crippen LogP contribution < -0.4 is 15.1 Å². The fraction of sp³-hybridized carbons (Fsp3) is 0.118. The number of hydrogen-bond acceptors (Lipinski definition) is 5. The van der Waals surface area contributed by atoms with E-state index in [1.807, 2.05) is 30.3 Å². The minimum atomic E-state index is -0.525. The van der Waals surface area contributed by atoms with Crippen LogP contribution in [0.1, 0.15) is 5.56 Å². The molecule has 1 aromatic heterocycles. The van der Waals surface area contributed by atoms with Crippen molar-refractivity contribution in [1.29, 1.82) is 0 Å². The Bertz CT molecular complexity index is 813. The Labute approximate surface area is 138 Å². The van der Waals surface area contributed by atoms with E-state index in [-0.39, 0.29) is 11.6 Å². The number of aryl methyl sites for hydroxylation is 2. The number of aromatic nitrogens is 2. The number of aliphatic imine (C=N–C) groups is 1. The lowest BCUT2D eigenvalue weighted by atomic mass is 10.1. The largest absolute Gasteiger partial charge is 0.846 e. The number of phenolic OH excluding ortho intramolecular Hbond substituents is 1. The smallest absolute Gasteiger partial charge is 0.322 e. The average molecular weight is 324 g/mol. The van der Waals surface area contributed by atoms with Crippen LogP contribution in [-0.2, 0) is 13.0 Å². The van der Waals surface area contributed by atoms with Crippen molar-refractivity contribution in [1.82, 2.24) is 5.27 Å². The molecule has 2 N–H and O–H groups in total. The van der Waals surface area contributed by atoms with E-state index in [1.165, 1.54) is 0 Å². The highest BCUT2D eigenvalue weighted by Crippen LogP contribution is 2.11. The number of amidine groups is 1. The fourth-order valence-electron chi connectivity index (χ4n) is 2.10. The summed E-state index contributed by atoms with van der Waals surface area (Å²) >= 11 is 0. The van der Waals surface area contributed by atoms with Crippen molar-refractivity contribution in [2.24, 2.45) is 4.99 Å². The molecular weight excluding hydrogens is 308 g/mol. The van der Waals surface area contributed by atoms with Crippen molar-refractivity contribution >= 4 is 17.6 Å². The van der Waals surface area contributed by atoms with Crippen molar-refractivity contribution in [3.8, 4) is 5.75 Å². The number of phenols is 1. The van der Waals surface area contributed by atoms with Gasteiger partial charge in [0.2, 0.25) is 5.27 Å². The van der Waals surface area contributed by atoms with Crippen LogP contribution in [0, 0.1) is 0 Å². The highest BCUT2D eigenvalue weighted by Gasteiger charge is 2.10. The average Bonchev–Trinajstić information content (AvgIpc) is 3.02. The topological polar surface area (TPSA) is 97.6 Å². The van der Waals surface area contributed by atoms with Crippen LogP contribution >= 0.6 is 0 Å². The van der Waals surface area contributed by atoms with Crippen molar-refractivity contribution in [2.45, 2.75) is 13.0 Å². The maximum Gasteiger partial charge on any atom is 0.322 e. The van der Waals surface area contributed by atoms with Gasteiger partial charge < -0.3 is 15.5 Å². The van der Waals surface area contributed by atoms with E-state index < -0.39 is 6.02 Å². The lowest BCUT2D eigenvalue weighted by molar-refractivity contribution is -0.761. The molecule has 0 saturated heterocycles. The summed E-state index contributed by atoms with van der Waals surface area (Å²) in [4.78, 5) is 3.81. The molecule has 0 spiro atoms. The maximum atomic E-state index is 11.8. The molecule has 0 radical (unpaired) electrons. The van der Waals surface area contributed by atoms with E-state index in [0.29, 0.717) is 18.7 Å². The summed E-state index contributed by atoms with van der Waals surface area (Å²) in [6.07, 6.45) is 2.28. The number of nitrogens with zero attached hydrogens (tertiary/aromatic N) is 3. The molecule has 0 amide bonds. The van der Waals surface area contributed by atoms with Gasteiger partial charge in [0.05, 0.1) is 6.02 Å². The zero-order valence-electron chi connectivity index (χ0n) is 12.8. The number of hydrogen-bond donors (Lipinski definition) is 2. The van der Waals surface area contributed by atoms with E-state index in [4.69, 9.17) is 4.52 Å². The number of anilines is 1. The van der Waals surface area contributed by atoms with Gasteiger partial charge in [0.25, 0.3) is 6.20 Å². The van der Waals surface area contributed by atoms with Crippen LogP contribution in [0.3, 0.4) is 0 Å². The molecular formula is C17H16N4O3. The minimum absolute atomic E-state index is 0.133. The second kappa shape index (κ2) is 7.28. The lowest BCUT2D eigenvalue weighted by Gasteiger charge is -2.11. The summed E-state index contributed by atoms with van der Waals surface area (Å²) in [5.74, 6) is 0.368. The maximum absolute atomic E-state index is 11.8. The number of rotatable bonds is 5. The summed E-state index contributed by atoms with van der Waals surface area (Å²) in [5.41, 5.74) is 1.72. The molecule has 0 saturated carbocycles. The number of benzene rings is 2. The van der Waals surface area contributed by atoms with Crippen molar-refractivity contribution in [3.63, 3.8) is 0 Å². The second-order valence-corrected chi connectivity index (χ2v) is 5.13. The number of nitrogens with one attached hydrogen (secondary N) is 1. The normalized spacial score (nSPS) is 11.4. The SMILES string of the molecule is [O-]C(=Nc1c[n+](CCc2ccc(O)cc2)no1)Nc1ccccc1. The molecule has 0 bridgehead atoms. The van der Waals surface area contributed by atoms with Crippen molar-refractivity contribution < 1.29 is 19.4 Å². The van der Waals surface area contributed by atoms with Gasteiger partial charge in [0.1, 0.15) is 5.75 Å². The molecule has 3 rings (SSSR count). The third kappa shape index (κ3) is 4.33. The third-order valence-corrected chi connectivity index (χ3v) is 3.30. The van der Waals surface area contributed by atoms with E-state index in [2.05, 4.69) is 15.6 Å². The van der Waals surface area contributed by atoms with Crippen molar-refractivity contribution in [2.75, 3.05) is 5.32 Å². The van der Waals surface area contributed by atoms with Crippen LogP contribution in [0.2, 0.25) is 0 Å². The standard InChI is InChI=1S/C17H16N4O3/c22-15-8-6-13(7-9-15)10-11-21-12-16(24-20-21)19-17(23)18-14-4-2-1-3-5-14/h1-9,12H,10-11H2,(H2-,18,19,20,22,23). The molecule has 0 aliphatic rings. The van der Waals surface area contributed by atoms with Crippen LogP contribution in [0.5, 0.6) is 5.75 Å². The Morgan fingerprint density at radius 2 is 1.92 bits per heavy atom. The van der Waals surface area contributed by atoms with Gasteiger partial charge in [-0.15, -0.1) is 0 Å². The molecule has 0 unspecified atom stereocenters. The number of para-hydroxylation sites is 1. The Hall–Kier alpha value is -3.35. The first-order valence-corrected chi connectivity index (χ1v) is 7.41. The van der Waals surface area contributed by atoms with E-state index >= 15 is 0 Å². The van der Waals surface area contributed by atoms with Crippen LogP contribution in [-0.4, -0.2) is 16.4 Å². The van der Waals surface area contributed by atoms with Crippen molar-refractivity contribution in [3.05, 3.63) is 66.4 Å². The molecule has 122 valence electrons. The Kier molecular flexibility index (Phi) is 4.71. The second-order valence-electron chi connectivity index (χ2n) is 5.13. The summed E-state index contributed by atoms with van der Waals surface area (Å²) in [5, 5.41) is 27.5. The predicted octanol–water partition coefficient (Wildman–Crippen LogP) is 1.37. The van der Waals surface area contributed by atoms with Crippen LogP contribution in [0.4, 0.5) is 11.6 Å². The van der Waals surface area contributed by atoms with Gasteiger partial charge in [-0.1, -0.05) is 35.0 Å². The molecule has 0 aliphatic carbocycles. The third-order valence-electron chi connectivity index (χ3n) is 3.30. The Morgan fingerprint density at radius 3 is 2.67 bits per heavy atom. The van der Waals surface area contributed by atoms with E-state index in [9.17, 15) is 10.2 Å². The zero-order valence-corrected chi connectivity index (χ0v) is 12.8. The Morgan fingerprint density at radius 1 is 1.17 bits per heavy atom. The van der Waals surface area contributed by atoms with Gasteiger partial charge in [-0.3, -0.25) is 4.52 Å². The van der Waals surface area contributed by atoms with Gasteiger partial charge >= 0.3 is 5.88 Å². The minimum Gasteiger partial charge on any atom is -0.846 e. The molecule has 7 nitrogen and oxygen atoms in total. The lowest BCUT2D eigenvalue weighted by Crippen LogP contribution is -2.35. The highest BCUT2D eigenvalue weighted by atomic mass is 16.5. The molecule has 3 aromatic rings. The quantitative estimate of drug-likeness (QED) is 0.420. The van der Waals surface area contributed by atoms with Gasteiger partial charge in [0, 0.05) is 12.1 Å². The van der Waals surface area contributed by atoms with Gasteiger partial charge in [-0.25, -0.2) is 4.99 Å². The van der Waals surface area contributed by atoms with Crippen LogP contribution in [0.25, 0.3) is 0 Å². The summed E-state index contributed by atoms with van der Waals surface area (Å²) in [6, 6.07) is 15.5. The summed E-state index contributed by atoms with van der Waals surface area (Å²) in [7, 11) is 0. The number of aromatic hydroxyl groups is 1. The summed E-state index contributed by atoms with van der Waals surface area (Å²) < 4.78 is 6.60. The molecule has 0 fully saturated rings. The molecule has 0 atom stereocenters. The summed E-state index contributed by atoms with van der Waals surface area (Å²) in [6.45, 7) is 0.574. The predicted molar refractivity (Wildman–Crippen MR) is 85.7 cm³/mol. The van der Waals surface area contributed by atoms with Gasteiger partial charge in [-0.05, 0) is 29.8 Å². The first-order chi connectivity index (χ1) is 11.7. The molecule has 0 aliphatic heterocycles. The first kappa shape index (κ1) is 15.5. The van der Waals surface area contributed by atoms with Gasteiger partial charge in [-0.2, -0.15) is 0 Å². The Balaban J connectivity index is 1.58. The molecule has 2 aromatic carbocycles. The first-order valence-electron chi connectivity index (χ1n) is 7.41. The highest BCUT2D eigenvalue weighted by molar-refractivity contribution is 5.86. The monoisotopic (exact) mass is 324 g/mol. The molecule has 1 heterocycles. The van der Waals surface area contributed by atoms with Crippen LogP contribution in [0.15, 0.2) is 70.3 Å². The van der Waals surface area contributed by atoms with Gasteiger partial charge in [0.15, 0.2) is 6.54 Å². The molecule has 7 heteroatoms. The molecule has 24 heavy (non-hydrogen) atoms. The zero-order chi connectivity index (χ0) is 16.8. The van der Waals surface area contributed by atoms with E-state index in [1.54, 1.807) is 35.1 Å².